The zero-order valence-electron chi connectivity index (χ0n) is 16.3. The molecule has 0 aliphatic heterocycles. The second-order valence-corrected chi connectivity index (χ2v) is 7.46. The summed E-state index contributed by atoms with van der Waals surface area (Å²) in [6.07, 6.45) is 0.534. The van der Waals surface area contributed by atoms with Crippen LogP contribution in [0.2, 0.25) is 5.02 Å². The minimum Gasteiger partial charge on any atom is -0.360 e. The molecule has 3 aromatic heterocycles. The maximum Gasteiger partial charge on any atom is 0.312 e. The largest absolute Gasteiger partial charge is 0.360 e. The van der Waals surface area contributed by atoms with Crippen LogP contribution in [0.25, 0.3) is 27.6 Å². The Bertz CT molecular complexity index is 1480. The Morgan fingerprint density at radius 3 is 2.74 bits per heavy atom. The third-order valence-corrected chi connectivity index (χ3v) is 5.41. The Morgan fingerprint density at radius 1 is 1.13 bits per heavy atom. The van der Waals surface area contributed by atoms with E-state index in [-0.39, 0.29) is 17.0 Å². The normalized spacial score (nSPS) is 12.4. The van der Waals surface area contributed by atoms with Gasteiger partial charge in [0.25, 0.3) is 5.56 Å². The number of H-pyrrole nitrogens is 1. The van der Waals surface area contributed by atoms with Gasteiger partial charge in [-0.25, -0.2) is 4.98 Å². The summed E-state index contributed by atoms with van der Waals surface area (Å²) in [7, 11) is 0. The number of nitrogens with one attached hydrogen (secondary N) is 2. The highest BCUT2D eigenvalue weighted by atomic mass is 35.5. The lowest BCUT2D eigenvalue weighted by Gasteiger charge is -2.21. The predicted molar refractivity (Wildman–Crippen MR) is 118 cm³/mol. The van der Waals surface area contributed by atoms with Gasteiger partial charge in [-0.15, -0.1) is 0 Å². The Morgan fingerprint density at radius 2 is 1.94 bits per heavy atom. The van der Waals surface area contributed by atoms with Crippen molar-refractivity contribution in [2.75, 3.05) is 5.32 Å². The van der Waals surface area contributed by atoms with Gasteiger partial charge in [-0.3, -0.25) is 9.36 Å². The van der Waals surface area contributed by atoms with E-state index in [1.54, 1.807) is 16.7 Å². The van der Waals surface area contributed by atoms with Crippen LogP contribution in [0.4, 0.5) is 10.2 Å². The molecular weight excluding hydrogens is 419 g/mol. The molecule has 0 saturated heterocycles. The van der Waals surface area contributed by atoms with E-state index in [0.29, 0.717) is 32.7 Å². The summed E-state index contributed by atoms with van der Waals surface area (Å²) in [5, 5.41) is 4.73. The number of fused-ring (bicyclic) bond motifs is 2. The number of para-hydroxylation sites is 1. The van der Waals surface area contributed by atoms with Gasteiger partial charge in [-0.05, 0) is 36.6 Å². The summed E-state index contributed by atoms with van der Waals surface area (Å²) in [6.45, 7) is 1.87. The van der Waals surface area contributed by atoms with Crippen LogP contribution >= 0.6 is 11.6 Å². The van der Waals surface area contributed by atoms with Gasteiger partial charge in [-0.2, -0.15) is 14.4 Å². The van der Waals surface area contributed by atoms with E-state index in [0.717, 1.165) is 0 Å². The van der Waals surface area contributed by atoms with Gasteiger partial charge in [0.1, 0.15) is 5.52 Å². The molecule has 31 heavy (non-hydrogen) atoms. The van der Waals surface area contributed by atoms with Gasteiger partial charge >= 0.3 is 6.08 Å². The molecule has 2 aromatic carbocycles. The number of nitrogens with zero attached hydrogens (tertiary/aromatic N) is 4. The molecule has 0 fully saturated rings. The van der Waals surface area contributed by atoms with Gasteiger partial charge in [0.2, 0.25) is 0 Å². The summed E-state index contributed by atoms with van der Waals surface area (Å²) >= 11 is 6.36. The molecule has 9 heteroatoms. The summed E-state index contributed by atoms with van der Waals surface area (Å²) in [5.41, 5.74) is 1.81. The fourth-order valence-corrected chi connectivity index (χ4v) is 3.95. The molecule has 2 N–H and O–H groups in total. The lowest BCUT2D eigenvalue weighted by molar-refractivity contribution is 0.544. The Hall–Kier alpha value is -3.78. The Kier molecular flexibility index (Phi) is 4.63. The first-order chi connectivity index (χ1) is 15.0. The van der Waals surface area contributed by atoms with E-state index in [4.69, 9.17) is 11.6 Å². The van der Waals surface area contributed by atoms with E-state index >= 15 is 0 Å². The van der Waals surface area contributed by atoms with E-state index in [1.807, 2.05) is 49.4 Å². The number of benzene rings is 2. The van der Waals surface area contributed by atoms with E-state index in [9.17, 15) is 9.18 Å². The van der Waals surface area contributed by atoms with Crippen molar-refractivity contribution in [1.29, 1.82) is 0 Å². The number of aromatic amines is 1. The minimum absolute atomic E-state index is 0.216. The smallest absolute Gasteiger partial charge is 0.312 e. The lowest BCUT2D eigenvalue weighted by Crippen LogP contribution is -2.26. The van der Waals surface area contributed by atoms with Gasteiger partial charge in [0.05, 0.1) is 22.8 Å². The first-order valence-electron chi connectivity index (χ1n) is 9.55. The molecule has 0 aliphatic carbocycles. The second kappa shape index (κ2) is 7.48. The lowest BCUT2D eigenvalue weighted by atomic mass is 10.1. The summed E-state index contributed by atoms with van der Waals surface area (Å²) < 4.78 is 15.5. The van der Waals surface area contributed by atoms with Crippen LogP contribution in [0.15, 0.2) is 65.7 Å². The Labute approximate surface area is 180 Å². The highest BCUT2D eigenvalue weighted by Gasteiger charge is 2.19. The van der Waals surface area contributed by atoms with Gasteiger partial charge in [0.15, 0.2) is 11.5 Å². The molecule has 154 valence electrons. The van der Waals surface area contributed by atoms with E-state index < -0.39 is 12.1 Å². The molecule has 1 atom stereocenters. The van der Waals surface area contributed by atoms with Crippen LogP contribution in [0.3, 0.4) is 0 Å². The number of rotatable bonds is 4. The van der Waals surface area contributed by atoms with Crippen LogP contribution in [0.1, 0.15) is 18.7 Å². The van der Waals surface area contributed by atoms with Gasteiger partial charge in [0, 0.05) is 11.4 Å². The maximum atomic E-state index is 13.9. The summed E-state index contributed by atoms with van der Waals surface area (Å²) in [6, 6.07) is 16.1. The molecule has 5 rings (SSSR count). The third kappa shape index (κ3) is 3.30. The number of hydrogen-bond acceptors (Lipinski definition) is 5. The van der Waals surface area contributed by atoms with Crippen molar-refractivity contribution in [3.05, 3.63) is 88.1 Å². The van der Waals surface area contributed by atoms with Crippen molar-refractivity contribution in [3.63, 3.8) is 0 Å². The first kappa shape index (κ1) is 19.2. The van der Waals surface area contributed by atoms with Gasteiger partial charge < -0.3 is 10.3 Å². The number of imidazole rings is 1. The zero-order chi connectivity index (χ0) is 21.5. The topological polar surface area (TPSA) is 88.5 Å². The number of hydrogen-bond donors (Lipinski definition) is 2. The van der Waals surface area contributed by atoms with Crippen molar-refractivity contribution >= 4 is 39.4 Å². The highest BCUT2D eigenvalue weighted by Crippen LogP contribution is 2.28. The Balaban J connectivity index is 1.71. The monoisotopic (exact) mass is 434 g/mol. The molecule has 3 heterocycles. The average molecular weight is 435 g/mol. The molecule has 0 saturated carbocycles. The number of pyridine rings is 1. The van der Waals surface area contributed by atoms with E-state index in [2.05, 4.69) is 25.3 Å². The highest BCUT2D eigenvalue weighted by molar-refractivity contribution is 6.35. The SMILES string of the molecule is CC(Nc1nc(F)nc2nc[nH]c12)c1cc2cccc(Cl)c2c(=O)n1-c1ccccc1. The van der Waals surface area contributed by atoms with Crippen molar-refractivity contribution in [2.24, 2.45) is 0 Å². The van der Waals surface area contributed by atoms with Crippen molar-refractivity contribution in [3.8, 4) is 5.69 Å². The molecule has 0 spiro atoms. The fourth-order valence-electron chi connectivity index (χ4n) is 3.69. The quantitative estimate of drug-likeness (QED) is 0.403. The fraction of sp³-hybridized carbons (Fsp3) is 0.0909. The molecular formula is C22H16ClFN6O. The van der Waals surface area contributed by atoms with Crippen molar-refractivity contribution in [1.82, 2.24) is 24.5 Å². The number of halogens is 2. The molecule has 0 aliphatic rings. The predicted octanol–water partition coefficient (Wildman–Crippen LogP) is 4.62. The van der Waals surface area contributed by atoms with E-state index in [1.165, 1.54) is 6.33 Å². The van der Waals surface area contributed by atoms with Crippen LogP contribution in [-0.2, 0) is 0 Å². The van der Waals surface area contributed by atoms with Crippen molar-refractivity contribution < 1.29 is 4.39 Å². The summed E-state index contributed by atoms with van der Waals surface area (Å²) in [4.78, 5) is 28.0. The van der Waals surface area contributed by atoms with Crippen LogP contribution in [-0.4, -0.2) is 24.5 Å². The summed E-state index contributed by atoms with van der Waals surface area (Å²) in [5.74, 6) is 0.255. The van der Waals surface area contributed by atoms with Crippen molar-refractivity contribution in [2.45, 2.75) is 13.0 Å². The molecule has 0 radical (unpaired) electrons. The molecule has 0 amide bonds. The molecule has 5 aromatic rings. The minimum atomic E-state index is -0.889. The van der Waals surface area contributed by atoms with Gasteiger partial charge in [-0.1, -0.05) is 41.9 Å². The number of aromatic nitrogens is 5. The standard InChI is InChI=1S/C22H16ClFN6O/c1-12(27-20-18-19(26-11-25-18)28-22(24)29-20)16-10-13-6-5-9-15(23)17(13)21(31)30(16)14-7-3-2-4-8-14/h2-12H,1H3,(H2,25,26,27,28,29). The average Bonchev–Trinajstić information content (AvgIpc) is 3.22. The molecule has 0 bridgehead atoms. The maximum absolute atomic E-state index is 13.9. The second-order valence-electron chi connectivity index (χ2n) is 7.06. The zero-order valence-corrected chi connectivity index (χ0v) is 17.1. The molecule has 1 unspecified atom stereocenters. The van der Waals surface area contributed by atoms with Crippen LogP contribution < -0.4 is 10.9 Å². The number of anilines is 1. The van der Waals surface area contributed by atoms with Crippen LogP contribution in [0, 0.1) is 6.08 Å². The van der Waals surface area contributed by atoms with Crippen LogP contribution in [0.5, 0.6) is 0 Å². The molecule has 7 nitrogen and oxygen atoms in total. The third-order valence-electron chi connectivity index (χ3n) is 5.09. The first-order valence-corrected chi connectivity index (χ1v) is 9.93.